The second-order valence-electron chi connectivity index (χ2n) is 3.48. The first-order chi connectivity index (χ1) is 7.74. The van der Waals surface area contributed by atoms with Gasteiger partial charge >= 0.3 is 0 Å². The van der Waals surface area contributed by atoms with Gasteiger partial charge < -0.3 is 5.32 Å². The normalized spacial score (nSPS) is 10.2. The van der Waals surface area contributed by atoms with Crippen molar-refractivity contribution in [2.75, 3.05) is 6.54 Å². The summed E-state index contributed by atoms with van der Waals surface area (Å²) in [4.78, 5) is 6.84. The molecule has 17 heavy (non-hydrogen) atoms. The van der Waals surface area contributed by atoms with Crippen LogP contribution in [0.15, 0.2) is 18.3 Å². The fraction of sp³-hybridized carbons (Fsp3) is 0.364. The molecule has 0 bridgehead atoms. The van der Waals surface area contributed by atoms with Crippen molar-refractivity contribution in [3.8, 4) is 0 Å². The van der Waals surface area contributed by atoms with Crippen molar-refractivity contribution < 1.29 is 0 Å². The van der Waals surface area contributed by atoms with Crippen LogP contribution in [0.3, 0.4) is 0 Å². The summed E-state index contributed by atoms with van der Waals surface area (Å²) in [5.74, 6) is 0. The molecule has 0 aliphatic rings. The highest BCUT2D eigenvalue weighted by atomic mass is 35.5. The summed E-state index contributed by atoms with van der Waals surface area (Å²) in [6.07, 6.45) is 2.98. The van der Waals surface area contributed by atoms with Crippen molar-refractivity contribution in [1.82, 2.24) is 10.3 Å². The Labute approximate surface area is 120 Å². The Hall–Kier alpha value is -0.130. The van der Waals surface area contributed by atoms with Gasteiger partial charge in [-0.15, -0.1) is 35.1 Å². The molecule has 0 aromatic carbocycles. The third-order valence-electron chi connectivity index (χ3n) is 2.15. The average molecular weight is 309 g/mol. The van der Waals surface area contributed by atoms with Crippen LogP contribution in [0.2, 0.25) is 4.34 Å². The van der Waals surface area contributed by atoms with Crippen LogP contribution in [0.5, 0.6) is 0 Å². The van der Waals surface area contributed by atoms with Gasteiger partial charge in [0.1, 0.15) is 0 Å². The van der Waals surface area contributed by atoms with Gasteiger partial charge in [0.05, 0.1) is 9.34 Å². The summed E-state index contributed by atoms with van der Waals surface area (Å²) in [7, 11) is 0. The van der Waals surface area contributed by atoms with Gasteiger partial charge in [-0.1, -0.05) is 11.6 Å². The molecule has 2 aromatic rings. The van der Waals surface area contributed by atoms with E-state index in [0.29, 0.717) is 0 Å². The average Bonchev–Trinajstić information content (AvgIpc) is 2.83. The van der Waals surface area contributed by atoms with Crippen LogP contribution in [0.1, 0.15) is 14.8 Å². The fourth-order valence-corrected chi connectivity index (χ4v) is 3.25. The van der Waals surface area contributed by atoms with E-state index in [1.54, 1.807) is 22.7 Å². The molecule has 2 aromatic heterocycles. The van der Waals surface area contributed by atoms with Gasteiger partial charge in [-0.2, -0.15) is 0 Å². The molecule has 0 saturated carbocycles. The van der Waals surface area contributed by atoms with Crippen molar-refractivity contribution in [1.29, 1.82) is 0 Å². The molecule has 0 amide bonds. The molecule has 0 atom stereocenters. The van der Waals surface area contributed by atoms with E-state index in [9.17, 15) is 0 Å². The molecule has 94 valence electrons. The molecular formula is C11H14Cl2N2S2. The number of aryl methyl sites for hydroxylation is 1. The summed E-state index contributed by atoms with van der Waals surface area (Å²) >= 11 is 9.26. The Kier molecular flexibility index (Phi) is 6.44. The lowest BCUT2D eigenvalue weighted by Crippen LogP contribution is -2.15. The van der Waals surface area contributed by atoms with Crippen LogP contribution in [0, 0.1) is 6.92 Å². The Morgan fingerprint density at radius 2 is 2.12 bits per heavy atom. The standard InChI is InChI=1S/C11H13ClN2S2.ClH/c1-8-14-7-10(15-8)6-13-5-4-9-2-3-11(12)16-9;/h2-3,7,13H,4-6H2,1H3;1H. The first-order valence-corrected chi connectivity index (χ1v) is 7.11. The smallest absolute Gasteiger partial charge is 0.0931 e. The zero-order valence-corrected chi connectivity index (χ0v) is 12.6. The zero-order valence-electron chi connectivity index (χ0n) is 9.40. The highest BCUT2D eigenvalue weighted by molar-refractivity contribution is 7.16. The third kappa shape index (κ3) is 4.94. The van der Waals surface area contributed by atoms with E-state index in [-0.39, 0.29) is 12.4 Å². The van der Waals surface area contributed by atoms with Crippen LogP contribution < -0.4 is 5.32 Å². The van der Waals surface area contributed by atoms with E-state index in [0.717, 1.165) is 28.9 Å². The number of nitrogens with zero attached hydrogens (tertiary/aromatic N) is 1. The van der Waals surface area contributed by atoms with Crippen LogP contribution in [-0.2, 0) is 13.0 Å². The molecule has 0 spiro atoms. The molecule has 2 nitrogen and oxygen atoms in total. The van der Waals surface area contributed by atoms with Crippen molar-refractivity contribution in [3.63, 3.8) is 0 Å². The highest BCUT2D eigenvalue weighted by Crippen LogP contribution is 2.21. The van der Waals surface area contributed by atoms with Gasteiger partial charge in [-0.05, 0) is 25.5 Å². The number of nitrogens with one attached hydrogen (secondary N) is 1. The van der Waals surface area contributed by atoms with Gasteiger partial charge in [-0.25, -0.2) is 4.98 Å². The van der Waals surface area contributed by atoms with E-state index in [1.807, 2.05) is 19.2 Å². The number of rotatable bonds is 5. The number of hydrogen-bond donors (Lipinski definition) is 1. The van der Waals surface area contributed by atoms with E-state index < -0.39 is 0 Å². The van der Waals surface area contributed by atoms with Crippen LogP contribution in [0.25, 0.3) is 0 Å². The predicted molar refractivity (Wildman–Crippen MR) is 78.8 cm³/mol. The molecule has 6 heteroatoms. The second kappa shape index (κ2) is 7.34. The van der Waals surface area contributed by atoms with Gasteiger partial charge in [0.25, 0.3) is 0 Å². The number of aromatic nitrogens is 1. The Balaban J connectivity index is 0.00000144. The molecule has 0 fully saturated rings. The largest absolute Gasteiger partial charge is 0.311 e. The highest BCUT2D eigenvalue weighted by Gasteiger charge is 1.99. The van der Waals surface area contributed by atoms with Gasteiger partial charge in [0.2, 0.25) is 0 Å². The van der Waals surface area contributed by atoms with Gasteiger partial charge in [0.15, 0.2) is 0 Å². The Morgan fingerprint density at radius 1 is 1.29 bits per heavy atom. The van der Waals surface area contributed by atoms with Gasteiger partial charge in [0, 0.05) is 29.0 Å². The monoisotopic (exact) mass is 308 g/mol. The van der Waals surface area contributed by atoms with E-state index in [1.165, 1.54) is 9.75 Å². The molecule has 0 radical (unpaired) electrons. The topological polar surface area (TPSA) is 24.9 Å². The number of thiophene rings is 1. The first-order valence-electron chi connectivity index (χ1n) is 5.10. The molecule has 1 N–H and O–H groups in total. The molecule has 0 aliphatic heterocycles. The minimum absolute atomic E-state index is 0. The quantitative estimate of drug-likeness (QED) is 0.847. The molecule has 0 aliphatic carbocycles. The van der Waals surface area contributed by atoms with Crippen LogP contribution in [-0.4, -0.2) is 11.5 Å². The van der Waals surface area contributed by atoms with Crippen molar-refractivity contribution in [3.05, 3.63) is 37.4 Å². The third-order valence-corrected chi connectivity index (χ3v) is 4.35. The van der Waals surface area contributed by atoms with Crippen LogP contribution >= 0.6 is 46.7 Å². The lowest BCUT2D eigenvalue weighted by Gasteiger charge is -2.00. The Bertz CT molecular complexity index is 412. The minimum atomic E-state index is 0. The fourth-order valence-electron chi connectivity index (χ4n) is 1.40. The molecule has 0 saturated heterocycles. The van der Waals surface area contributed by atoms with Crippen molar-refractivity contribution in [2.24, 2.45) is 0 Å². The van der Waals surface area contributed by atoms with Crippen LogP contribution in [0.4, 0.5) is 0 Å². The summed E-state index contributed by atoms with van der Waals surface area (Å²) in [6, 6.07) is 4.04. The van der Waals surface area contributed by atoms with Gasteiger partial charge in [-0.3, -0.25) is 0 Å². The molecule has 2 heterocycles. The molecular weight excluding hydrogens is 295 g/mol. The lowest BCUT2D eigenvalue weighted by molar-refractivity contribution is 0.696. The maximum Gasteiger partial charge on any atom is 0.0931 e. The zero-order chi connectivity index (χ0) is 11.4. The van der Waals surface area contributed by atoms with E-state index in [4.69, 9.17) is 11.6 Å². The molecule has 0 unspecified atom stereocenters. The molecule has 2 rings (SSSR count). The van der Waals surface area contributed by atoms with Crippen molar-refractivity contribution >= 4 is 46.7 Å². The summed E-state index contributed by atoms with van der Waals surface area (Å²) in [5.41, 5.74) is 0. The number of thiazole rings is 1. The summed E-state index contributed by atoms with van der Waals surface area (Å²) < 4.78 is 0.869. The summed E-state index contributed by atoms with van der Waals surface area (Å²) in [5, 5.41) is 4.53. The lowest BCUT2D eigenvalue weighted by atomic mass is 10.3. The van der Waals surface area contributed by atoms with E-state index >= 15 is 0 Å². The van der Waals surface area contributed by atoms with E-state index in [2.05, 4.69) is 16.4 Å². The summed E-state index contributed by atoms with van der Waals surface area (Å²) in [6.45, 7) is 3.92. The second-order valence-corrected chi connectivity index (χ2v) is 6.60. The first kappa shape index (κ1) is 14.9. The SMILES string of the molecule is Cc1ncc(CNCCc2ccc(Cl)s2)s1.Cl. The minimum Gasteiger partial charge on any atom is -0.311 e. The number of halogens is 2. The van der Waals surface area contributed by atoms with Crippen molar-refractivity contribution in [2.45, 2.75) is 19.9 Å². The maximum absolute atomic E-state index is 5.86. The Morgan fingerprint density at radius 3 is 2.71 bits per heavy atom. The maximum atomic E-state index is 5.86. The predicted octanol–water partition coefficient (Wildman–Crippen LogP) is 3.92. The number of hydrogen-bond acceptors (Lipinski definition) is 4.